The molecule has 0 aliphatic rings. The van der Waals surface area contributed by atoms with Crippen LogP contribution in [0.5, 0.6) is 0 Å². The maximum absolute atomic E-state index is 14.2. The minimum atomic E-state index is -4.44. The van der Waals surface area contributed by atoms with Crippen LogP contribution < -0.4 is 11.1 Å². The molecule has 0 bridgehead atoms. The third kappa shape index (κ3) is 6.90. The van der Waals surface area contributed by atoms with Crippen molar-refractivity contribution in [3.05, 3.63) is 65.7 Å². The standard InChI is InChI=1S/C26H37N3O5S/c1-20(2)19-29(24(25(30)31)11-7-8-17-27,35(33,34)23-14-12-21(3)13-15-23)26(32)28-18-16-22-9-5-4-6-10-22/h4-6,9-10,12-15,20,24H,7-8,11,16-19,27H2,1-3H3,(H-,28,30,31,32)/p+1/t24-,29?/m0/s1. The summed E-state index contributed by atoms with van der Waals surface area (Å²) in [6, 6.07) is 13.4. The van der Waals surface area contributed by atoms with Gasteiger partial charge in [-0.1, -0.05) is 61.9 Å². The molecule has 0 spiro atoms. The maximum atomic E-state index is 14.2. The molecule has 35 heavy (non-hydrogen) atoms. The molecule has 0 heterocycles. The molecule has 192 valence electrons. The van der Waals surface area contributed by atoms with E-state index in [4.69, 9.17) is 5.73 Å². The number of carbonyl (C=O) groups is 2. The average molecular weight is 505 g/mol. The van der Waals surface area contributed by atoms with Crippen LogP contribution in [0.15, 0.2) is 59.5 Å². The summed E-state index contributed by atoms with van der Waals surface area (Å²) >= 11 is 0. The summed E-state index contributed by atoms with van der Waals surface area (Å²) < 4.78 is 27.1. The number of amides is 2. The van der Waals surface area contributed by atoms with Crippen molar-refractivity contribution in [3.63, 3.8) is 0 Å². The van der Waals surface area contributed by atoms with Crippen LogP contribution in [0.4, 0.5) is 4.79 Å². The minimum Gasteiger partial charge on any atom is -0.477 e. The molecule has 2 aromatic carbocycles. The van der Waals surface area contributed by atoms with Crippen LogP contribution in [0.1, 0.15) is 44.2 Å². The molecule has 2 rings (SSSR count). The normalized spacial score (nSPS) is 14.3. The molecule has 0 aliphatic carbocycles. The molecular formula is C26H38N3O5S+. The fourth-order valence-electron chi connectivity index (χ4n) is 4.25. The van der Waals surface area contributed by atoms with Gasteiger partial charge in [0, 0.05) is 18.9 Å². The summed E-state index contributed by atoms with van der Waals surface area (Å²) in [5, 5.41) is 13.0. The van der Waals surface area contributed by atoms with Crippen molar-refractivity contribution < 1.29 is 27.0 Å². The summed E-state index contributed by atoms with van der Waals surface area (Å²) in [7, 11) is -4.44. The van der Waals surface area contributed by atoms with E-state index in [-0.39, 0.29) is 30.3 Å². The Labute approximate surface area is 208 Å². The highest BCUT2D eigenvalue weighted by Crippen LogP contribution is 2.33. The lowest BCUT2D eigenvalue weighted by molar-refractivity contribution is -0.747. The molecule has 0 fully saturated rings. The number of sulfonamides is 1. The number of hydrogen-bond acceptors (Lipinski definition) is 5. The highest BCUT2D eigenvalue weighted by molar-refractivity contribution is 7.86. The van der Waals surface area contributed by atoms with E-state index in [1.807, 2.05) is 37.3 Å². The second-order valence-electron chi connectivity index (χ2n) is 9.27. The average Bonchev–Trinajstić information content (AvgIpc) is 2.81. The summed E-state index contributed by atoms with van der Waals surface area (Å²) in [6.45, 7) is 5.76. The SMILES string of the molecule is Cc1ccc(S(=O)(=O)[N+](CC(C)C)(C(=O)NCCc2ccccc2)[C@@H](CCCCN)C(=O)O)cc1. The number of nitrogens with one attached hydrogen (secondary N) is 1. The van der Waals surface area contributed by atoms with Crippen molar-refractivity contribution >= 4 is 22.0 Å². The van der Waals surface area contributed by atoms with Gasteiger partial charge < -0.3 is 16.2 Å². The van der Waals surface area contributed by atoms with Crippen molar-refractivity contribution in [2.24, 2.45) is 11.7 Å². The Balaban J connectivity index is 2.59. The molecule has 0 saturated carbocycles. The third-order valence-corrected chi connectivity index (χ3v) is 8.28. The maximum Gasteiger partial charge on any atom is 0.433 e. The Morgan fingerprint density at radius 3 is 2.20 bits per heavy atom. The van der Waals surface area contributed by atoms with E-state index in [0.29, 0.717) is 25.8 Å². The molecule has 2 amide bonds. The molecule has 2 aromatic rings. The summed E-state index contributed by atoms with van der Waals surface area (Å²) in [6.07, 6.45) is 1.43. The van der Waals surface area contributed by atoms with Crippen LogP contribution in [-0.2, 0) is 21.2 Å². The molecule has 0 aliphatic heterocycles. The van der Waals surface area contributed by atoms with Gasteiger partial charge in [-0.3, -0.25) is 0 Å². The van der Waals surface area contributed by atoms with Crippen LogP contribution in [0.3, 0.4) is 0 Å². The Morgan fingerprint density at radius 2 is 1.66 bits per heavy atom. The number of nitrogens with two attached hydrogens (primary N) is 1. The number of hydrogen-bond donors (Lipinski definition) is 3. The molecule has 8 nitrogen and oxygen atoms in total. The predicted octanol–water partition coefficient (Wildman–Crippen LogP) is 3.69. The monoisotopic (exact) mass is 504 g/mol. The zero-order valence-electron chi connectivity index (χ0n) is 20.8. The first-order valence-corrected chi connectivity index (χ1v) is 13.4. The smallest absolute Gasteiger partial charge is 0.433 e. The molecule has 0 aromatic heterocycles. The van der Waals surface area contributed by atoms with Gasteiger partial charge in [0.05, 0.1) is 0 Å². The molecule has 4 N–H and O–H groups in total. The second-order valence-corrected chi connectivity index (χ2v) is 11.3. The van der Waals surface area contributed by atoms with Gasteiger partial charge in [-0.25, -0.2) is 9.59 Å². The number of carboxylic acid groups (broad SMARTS) is 1. The van der Waals surface area contributed by atoms with E-state index in [1.54, 1.807) is 26.0 Å². The van der Waals surface area contributed by atoms with Crippen molar-refractivity contribution in [1.29, 1.82) is 0 Å². The van der Waals surface area contributed by atoms with Crippen molar-refractivity contribution in [2.75, 3.05) is 19.6 Å². The molecule has 0 saturated heterocycles. The molecule has 0 radical (unpaired) electrons. The minimum absolute atomic E-state index is 0.0104. The fourth-order valence-corrected chi connectivity index (χ4v) is 6.42. The van der Waals surface area contributed by atoms with Crippen molar-refractivity contribution in [3.8, 4) is 0 Å². The van der Waals surface area contributed by atoms with Crippen LogP contribution in [0.2, 0.25) is 0 Å². The lowest BCUT2D eigenvalue weighted by atomic mass is 10.1. The summed E-state index contributed by atoms with van der Waals surface area (Å²) in [5.74, 6) is -1.59. The van der Waals surface area contributed by atoms with Gasteiger partial charge in [-0.05, 0) is 50.4 Å². The quantitative estimate of drug-likeness (QED) is 0.282. The largest absolute Gasteiger partial charge is 0.477 e. The van der Waals surface area contributed by atoms with Crippen LogP contribution in [-0.4, -0.2) is 55.1 Å². The summed E-state index contributed by atoms with van der Waals surface area (Å²) in [5.41, 5.74) is 7.44. The van der Waals surface area contributed by atoms with Gasteiger partial charge in [-0.15, -0.1) is 3.89 Å². The highest BCUT2D eigenvalue weighted by Gasteiger charge is 2.58. The van der Waals surface area contributed by atoms with Gasteiger partial charge in [0.1, 0.15) is 11.4 Å². The first kappa shape index (κ1) is 28.5. The Hall–Kier alpha value is -2.75. The Morgan fingerprint density at radius 1 is 1.03 bits per heavy atom. The number of quaternary nitrogens is 1. The van der Waals surface area contributed by atoms with E-state index in [1.165, 1.54) is 12.1 Å². The molecule has 9 heteroatoms. The predicted molar refractivity (Wildman–Crippen MR) is 136 cm³/mol. The number of rotatable bonds is 13. The summed E-state index contributed by atoms with van der Waals surface area (Å²) in [4.78, 5) is 26.3. The van der Waals surface area contributed by atoms with Crippen molar-refractivity contribution in [1.82, 2.24) is 5.32 Å². The van der Waals surface area contributed by atoms with Gasteiger partial charge >= 0.3 is 22.0 Å². The number of aryl methyl sites for hydroxylation is 1. The van der Waals surface area contributed by atoms with Crippen LogP contribution >= 0.6 is 0 Å². The first-order chi connectivity index (χ1) is 16.6. The van der Waals surface area contributed by atoms with E-state index in [0.717, 1.165) is 11.1 Å². The number of carbonyl (C=O) groups excluding carboxylic acids is 1. The third-order valence-electron chi connectivity index (χ3n) is 5.98. The van der Waals surface area contributed by atoms with E-state index in [2.05, 4.69) is 5.32 Å². The van der Waals surface area contributed by atoms with Gasteiger partial charge in [0.15, 0.2) is 0 Å². The van der Waals surface area contributed by atoms with Crippen LogP contribution in [0.25, 0.3) is 0 Å². The fraction of sp³-hybridized carbons (Fsp3) is 0.462. The second kappa shape index (κ2) is 12.8. The number of aliphatic carboxylic acids is 1. The highest BCUT2D eigenvalue weighted by atomic mass is 32.2. The molecular weight excluding hydrogens is 466 g/mol. The topological polar surface area (TPSA) is 127 Å². The molecule has 1 unspecified atom stereocenters. The van der Waals surface area contributed by atoms with Crippen molar-refractivity contribution in [2.45, 2.75) is 57.4 Å². The van der Waals surface area contributed by atoms with E-state index in [9.17, 15) is 23.1 Å². The zero-order chi connectivity index (χ0) is 26.1. The first-order valence-electron chi connectivity index (χ1n) is 12.0. The Bertz CT molecular complexity index is 1070. The number of benzene rings is 2. The number of carboxylic acids is 1. The van der Waals surface area contributed by atoms with Gasteiger partial charge in [0.2, 0.25) is 6.04 Å². The number of urea groups is 1. The molecule has 2 atom stereocenters. The van der Waals surface area contributed by atoms with Crippen LogP contribution in [0, 0.1) is 12.8 Å². The van der Waals surface area contributed by atoms with E-state index < -0.39 is 32.0 Å². The number of nitrogens with zero attached hydrogens (tertiary/aromatic N) is 1. The van der Waals surface area contributed by atoms with Gasteiger partial charge in [-0.2, -0.15) is 8.42 Å². The zero-order valence-corrected chi connectivity index (χ0v) is 21.6. The van der Waals surface area contributed by atoms with E-state index >= 15 is 0 Å². The van der Waals surface area contributed by atoms with Gasteiger partial charge in [0.25, 0.3) is 0 Å². The number of unbranched alkanes of at least 4 members (excludes halogenated alkanes) is 1. The Kier molecular flexibility index (Phi) is 10.4. The lowest BCUT2D eigenvalue weighted by Gasteiger charge is -2.39. The lowest BCUT2D eigenvalue weighted by Crippen LogP contribution is -2.69.